The van der Waals surface area contributed by atoms with E-state index in [2.05, 4.69) is 4.99 Å². The Morgan fingerprint density at radius 1 is 1.19 bits per heavy atom. The first kappa shape index (κ1) is 17.9. The summed E-state index contributed by atoms with van der Waals surface area (Å²) in [6.07, 6.45) is 0.284. The summed E-state index contributed by atoms with van der Waals surface area (Å²) < 4.78 is 28.9. The van der Waals surface area contributed by atoms with Crippen LogP contribution >= 0.6 is 11.3 Å². The molecule has 0 aliphatic carbocycles. The molecule has 8 heteroatoms. The zero-order valence-electron chi connectivity index (χ0n) is 13.6. The van der Waals surface area contributed by atoms with Crippen molar-refractivity contribution in [3.8, 4) is 0 Å². The second-order valence-electron chi connectivity index (χ2n) is 5.56. The fraction of sp³-hybridized carbons (Fsp3) is 0.167. The van der Waals surface area contributed by atoms with Crippen LogP contribution in [0.2, 0.25) is 0 Å². The van der Waals surface area contributed by atoms with Crippen LogP contribution in [0.15, 0.2) is 47.5 Å². The highest BCUT2D eigenvalue weighted by molar-refractivity contribution is 7.16. The lowest BCUT2D eigenvalue weighted by molar-refractivity contribution is -0.140. The molecule has 1 aromatic heterocycles. The summed E-state index contributed by atoms with van der Waals surface area (Å²) in [7, 11) is 0. The number of para-hydroxylation sites is 1. The van der Waals surface area contributed by atoms with Gasteiger partial charge in [-0.2, -0.15) is 4.99 Å². The summed E-state index contributed by atoms with van der Waals surface area (Å²) in [6.45, 7) is 1.71. The fourth-order valence-electron chi connectivity index (χ4n) is 2.67. The van der Waals surface area contributed by atoms with Gasteiger partial charge in [0.05, 0.1) is 10.2 Å². The van der Waals surface area contributed by atoms with Gasteiger partial charge >= 0.3 is 5.97 Å². The van der Waals surface area contributed by atoms with Crippen molar-refractivity contribution in [2.75, 3.05) is 0 Å². The number of fused-ring (bicyclic) bond motifs is 1. The van der Waals surface area contributed by atoms with E-state index < -0.39 is 29.6 Å². The van der Waals surface area contributed by atoms with Crippen molar-refractivity contribution in [3.63, 3.8) is 0 Å². The van der Waals surface area contributed by atoms with E-state index in [4.69, 9.17) is 0 Å². The van der Waals surface area contributed by atoms with Crippen molar-refractivity contribution >= 4 is 33.4 Å². The van der Waals surface area contributed by atoms with Gasteiger partial charge in [-0.3, -0.25) is 4.79 Å². The van der Waals surface area contributed by atoms with Crippen LogP contribution < -0.4 is 4.80 Å². The zero-order chi connectivity index (χ0) is 18.8. The second-order valence-corrected chi connectivity index (χ2v) is 6.57. The number of aliphatic carboxylic acids is 1. The SMILES string of the molecule is CCC(C(=O)O)n1c(=NC(=O)c2cc(F)cc(F)c2)sc2ccccc21. The lowest BCUT2D eigenvalue weighted by Gasteiger charge is -2.13. The quantitative estimate of drug-likeness (QED) is 0.754. The van der Waals surface area contributed by atoms with Crippen LogP contribution in [-0.4, -0.2) is 21.6 Å². The largest absolute Gasteiger partial charge is 0.480 e. The Bertz CT molecular complexity index is 1050. The number of carbonyl (C=O) groups is 2. The Balaban J connectivity index is 2.22. The van der Waals surface area contributed by atoms with Crippen molar-refractivity contribution in [2.45, 2.75) is 19.4 Å². The Labute approximate surface area is 150 Å². The molecule has 26 heavy (non-hydrogen) atoms. The second kappa shape index (κ2) is 7.17. The third kappa shape index (κ3) is 3.41. The van der Waals surface area contributed by atoms with E-state index >= 15 is 0 Å². The Hall–Kier alpha value is -2.87. The molecule has 0 aliphatic rings. The highest BCUT2D eigenvalue weighted by atomic mass is 32.1. The van der Waals surface area contributed by atoms with Crippen LogP contribution in [0.1, 0.15) is 29.7 Å². The fourth-order valence-corrected chi connectivity index (χ4v) is 3.73. The number of amides is 1. The molecular weight excluding hydrogens is 362 g/mol. The smallest absolute Gasteiger partial charge is 0.326 e. The van der Waals surface area contributed by atoms with E-state index in [1.54, 1.807) is 31.2 Å². The van der Waals surface area contributed by atoms with Gasteiger partial charge in [0, 0.05) is 11.6 Å². The average molecular weight is 376 g/mol. The van der Waals surface area contributed by atoms with Gasteiger partial charge in [0.25, 0.3) is 5.91 Å². The third-order valence-electron chi connectivity index (χ3n) is 3.82. The van der Waals surface area contributed by atoms with Gasteiger partial charge in [-0.25, -0.2) is 13.6 Å². The topological polar surface area (TPSA) is 71.7 Å². The molecule has 5 nitrogen and oxygen atoms in total. The summed E-state index contributed by atoms with van der Waals surface area (Å²) in [4.78, 5) is 28.1. The van der Waals surface area contributed by atoms with Crippen LogP contribution in [0.4, 0.5) is 8.78 Å². The van der Waals surface area contributed by atoms with E-state index in [9.17, 15) is 23.5 Å². The zero-order valence-corrected chi connectivity index (χ0v) is 14.5. The summed E-state index contributed by atoms with van der Waals surface area (Å²) >= 11 is 1.14. The van der Waals surface area contributed by atoms with Gasteiger partial charge in [-0.05, 0) is 30.7 Å². The number of rotatable bonds is 4. The Kier molecular flexibility index (Phi) is 4.94. The highest BCUT2D eigenvalue weighted by Crippen LogP contribution is 2.22. The third-order valence-corrected chi connectivity index (χ3v) is 4.86. The number of nitrogens with zero attached hydrogens (tertiary/aromatic N) is 2. The molecule has 0 spiro atoms. The number of benzene rings is 2. The number of halogens is 2. The first-order chi connectivity index (χ1) is 12.4. The van der Waals surface area contributed by atoms with E-state index in [1.165, 1.54) is 4.57 Å². The van der Waals surface area contributed by atoms with Gasteiger partial charge < -0.3 is 9.67 Å². The Morgan fingerprint density at radius 2 is 1.85 bits per heavy atom. The predicted octanol–water partition coefficient (Wildman–Crippen LogP) is 3.76. The summed E-state index contributed by atoms with van der Waals surface area (Å²) in [5.74, 6) is -3.67. The number of hydrogen-bond acceptors (Lipinski definition) is 3. The van der Waals surface area contributed by atoms with E-state index in [0.717, 1.165) is 28.2 Å². The molecule has 3 rings (SSSR count). The van der Waals surface area contributed by atoms with E-state index in [-0.39, 0.29) is 16.8 Å². The summed E-state index contributed by atoms with van der Waals surface area (Å²) in [5, 5.41) is 9.51. The number of carboxylic acids is 1. The Morgan fingerprint density at radius 3 is 2.46 bits per heavy atom. The number of carbonyl (C=O) groups excluding carboxylic acids is 1. The van der Waals surface area contributed by atoms with Crippen molar-refractivity contribution < 1.29 is 23.5 Å². The average Bonchev–Trinajstić information content (AvgIpc) is 2.92. The van der Waals surface area contributed by atoms with E-state index in [1.807, 2.05) is 0 Å². The number of thiazole rings is 1. The minimum absolute atomic E-state index is 0.162. The minimum Gasteiger partial charge on any atom is -0.480 e. The normalized spacial score (nSPS) is 13.1. The van der Waals surface area contributed by atoms with Gasteiger partial charge in [0.1, 0.15) is 17.7 Å². The number of carboxylic acid groups (broad SMARTS) is 1. The minimum atomic E-state index is -1.05. The van der Waals surface area contributed by atoms with Crippen molar-refractivity contribution in [3.05, 3.63) is 64.5 Å². The van der Waals surface area contributed by atoms with Gasteiger partial charge in [0.15, 0.2) is 4.80 Å². The standard InChI is InChI=1S/C18H14F2N2O3S/c1-2-13(17(24)25)22-14-5-3-4-6-15(14)26-18(22)21-16(23)10-7-11(19)9-12(20)8-10/h3-9,13H,2H2,1H3,(H,24,25). The monoisotopic (exact) mass is 376 g/mol. The molecule has 0 fully saturated rings. The molecule has 0 saturated heterocycles. The molecule has 134 valence electrons. The van der Waals surface area contributed by atoms with Crippen molar-refractivity contribution in [1.29, 1.82) is 0 Å². The molecule has 0 aliphatic heterocycles. The van der Waals surface area contributed by atoms with Crippen LogP contribution in [0, 0.1) is 11.6 Å². The van der Waals surface area contributed by atoms with Gasteiger partial charge in [-0.15, -0.1) is 0 Å². The summed E-state index contributed by atoms with van der Waals surface area (Å²) in [6, 6.07) is 8.60. The van der Waals surface area contributed by atoms with Crippen LogP contribution in [0.25, 0.3) is 10.2 Å². The van der Waals surface area contributed by atoms with Gasteiger partial charge in [0.2, 0.25) is 0 Å². The first-order valence-corrected chi connectivity index (χ1v) is 8.60. The van der Waals surface area contributed by atoms with Gasteiger partial charge in [-0.1, -0.05) is 30.4 Å². The first-order valence-electron chi connectivity index (χ1n) is 7.78. The molecule has 0 radical (unpaired) electrons. The maximum absolute atomic E-state index is 13.3. The molecule has 0 saturated carbocycles. The maximum Gasteiger partial charge on any atom is 0.326 e. The van der Waals surface area contributed by atoms with Crippen LogP contribution in [0.3, 0.4) is 0 Å². The van der Waals surface area contributed by atoms with E-state index in [0.29, 0.717) is 11.6 Å². The van der Waals surface area contributed by atoms with Crippen LogP contribution in [-0.2, 0) is 4.79 Å². The molecule has 1 N–H and O–H groups in total. The molecule has 1 unspecified atom stereocenters. The molecule has 0 bridgehead atoms. The number of hydrogen-bond donors (Lipinski definition) is 1. The summed E-state index contributed by atoms with van der Waals surface area (Å²) in [5.41, 5.74) is 0.388. The molecule has 1 atom stereocenters. The molecule has 3 aromatic rings. The lowest BCUT2D eigenvalue weighted by atomic mass is 10.2. The molecule has 2 aromatic carbocycles. The number of aromatic nitrogens is 1. The predicted molar refractivity (Wildman–Crippen MR) is 93.0 cm³/mol. The van der Waals surface area contributed by atoms with Crippen molar-refractivity contribution in [2.24, 2.45) is 4.99 Å². The lowest BCUT2D eigenvalue weighted by Crippen LogP contribution is -2.27. The molecular formula is C18H14F2N2O3S. The highest BCUT2D eigenvalue weighted by Gasteiger charge is 2.22. The van der Waals surface area contributed by atoms with Crippen molar-refractivity contribution in [1.82, 2.24) is 4.57 Å². The maximum atomic E-state index is 13.3. The van der Waals surface area contributed by atoms with Crippen LogP contribution in [0.5, 0.6) is 0 Å². The molecule has 1 amide bonds. The molecule has 1 heterocycles.